The van der Waals surface area contributed by atoms with Crippen LogP contribution in [0.25, 0.3) is 0 Å². The zero-order valence-electron chi connectivity index (χ0n) is 14.9. The van der Waals surface area contributed by atoms with Crippen LogP contribution in [-0.4, -0.2) is 39.5 Å². The van der Waals surface area contributed by atoms with Gasteiger partial charge in [-0.1, -0.05) is 11.6 Å². The van der Waals surface area contributed by atoms with Gasteiger partial charge in [-0.15, -0.1) is 0 Å². The molecule has 2 N–H and O–H groups in total. The highest BCUT2D eigenvalue weighted by atomic mass is 35.5. The van der Waals surface area contributed by atoms with Crippen LogP contribution in [0.15, 0.2) is 23.5 Å². The summed E-state index contributed by atoms with van der Waals surface area (Å²) in [5, 5.41) is 0.439. The molecular formula is C18H21ClN6O. The van der Waals surface area contributed by atoms with Crippen molar-refractivity contribution in [1.82, 2.24) is 15.0 Å². The minimum absolute atomic E-state index is 0.0906. The van der Waals surface area contributed by atoms with Gasteiger partial charge in [-0.25, -0.2) is 15.0 Å². The predicted octanol–water partition coefficient (Wildman–Crippen LogP) is 2.49. The van der Waals surface area contributed by atoms with Crippen LogP contribution in [0.5, 0.6) is 5.75 Å². The maximum Gasteiger partial charge on any atom is 0.243 e. The molecule has 8 heteroatoms. The van der Waals surface area contributed by atoms with Gasteiger partial charge >= 0.3 is 0 Å². The fraction of sp³-hybridized carbons (Fsp3) is 0.444. The third-order valence-corrected chi connectivity index (χ3v) is 5.08. The molecule has 0 saturated carbocycles. The predicted molar refractivity (Wildman–Crippen MR) is 101 cm³/mol. The molecule has 0 atom stereocenters. The first-order chi connectivity index (χ1) is 12.4. The second-order valence-corrected chi connectivity index (χ2v) is 7.55. The van der Waals surface area contributed by atoms with Crippen molar-refractivity contribution in [3.05, 3.63) is 40.6 Å². The normalized spacial score (nSPS) is 18.5. The summed E-state index contributed by atoms with van der Waals surface area (Å²) in [6.45, 7) is 6.20. The molecule has 0 aromatic carbocycles. The van der Waals surface area contributed by atoms with E-state index in [-0.39, 0.29) is 5.54 Å². The Morgan fingerprint density at radius 3 is 2.77 bits per heavy atom. The lowest BCUT2D eigenvalue weighted by atomic mass is 9.91. The zero-order valence-corrected chi connectivity index (χ0v) is 15.6. The molecule has 4 rings (SSSR count). The van der Waals surface area contributed by atoms with E-state index in [2.05, 4.69) is 26.8 Å². The van der Waals surface area contributed by atoms with Crippen LogP contribution in [0.3, 0.4) is 0 Å². The van der Waals surface area contributed by atoms with Crippen LogP contribution in [0, 0.1) is 6.92 Å². The molecule has 1 saturated heterocycles. The molecule has 0 bridgehead atoms. The van der Waals surface area contributed by atoms with Crippen LogP contribution in [0.4, 0.5) is 5.82 Å². The number of piperidine rings is 1. The van der Waals surface area contributed by atoms with Gasteiger partial charge in [-0.2, -0.15) is 0 Å². The van der Waals surface area contributed by atoms with Gasteiger partial charge in [0.2, 0.25) is 5.90 Å². The molecule has 0 aliphatic carbocycles. The summed E-state index contributed by atoms with van der Waals surface area (Å²) >= 11 is 6.16. The number of halogens is 1. The molecule has 2 aliphatic heterocycles. The first-order valence-electron chi connectivity index (χ1n) is 8.66. The van der Waals surface area contributed by atoms with Crippen LogP contribution >= 0.6 is 11.6 Å². The largest absolute Gasteiger partial charge is 0.435 e. The Labute approximate surface area is 157 Å². The Balaban J connectivity index is 1.52. The second-order valence-electron chi connectivity index (χ2n) is 7.14. The number of ether oxygens (including phenoxy) is 1. The van der Waals surface area contributed by atoms with Gasteiger partial charge < -0.3 is 15.4 Å². The molecule has 7 nitrogen and oxygen atoms in total. The van der Waals surface area contributed by atoms with E-state index in [1.807, 2.05) is 6.92 Å². The van der Waals surface area contributed by atoms with E-state index in [9.17, 15) is 0 Å². The van der Waals surface area contributed by atoms with Gasteiger partial charge in [0.1, 0.15) is 16.5 Å². The fourth-order valence-electron chi connectivity index (χ4n) is 3.11. The molecule has 136 valence electrons. The molecule has 0 unspecified atom stereocenters. The lowest BCUT2D eigenvalue weighted by molar-refractivity contribution is 0.363. The Morgan fingerprint density at radius 1 is 1.23 bits per heavy atom. The molecule has 26 heavy (non-hydrogen) atoms. The summed E-state index contributed by atoms with van der Waals surface area (Å²) in [5.41, 5.74) is 8.43. The first-order valence-corrected chi connectivity index (χ1v) is 9.04. The van der Waals surface area contributed by atoms with Gasteiger partial charge in [0.25, 0.3) is 0 Å². The van der Waals surface area contributed by atoms with E-state index in [1.54, 1.807) is 18.5 Å². The number of nitrogens with zero attached hydrogens (tertiary/aromatic N) is 5. The summed E-state index contributed by atoms with van der Waals surface area (Å²) < 4.78 is 5.87. The van der Waals surface area contributed by atoms with Crippen molar-refractivity contribution in [2.45, 2.75) is 38.8 Å². The molecule has 4 heterocycles. The van der Waals surface area contributed by atoms with Gasteiger partial charge in [0.15, 0.2) is 5.75 Å². The second kappa shape index (κ2) is 6.48. The third kappa shape index (κ3) is 3.37. The van der Waals surface area contributed by atoms with Crippen molar-refractivity contribution in [2.75, 3.05) is 18.0 Å². The molecule has 2 aromatic heterocycles. The Hall–Kier alpha value is -2.25. The van der Waals surface area contributed by atoms with Gasteiger partial charge in [0.05, 0.1) is 18.4 Å². The highest BCUT2D eigenvalue weighted by Gasteiger charge is 2.28. The molecule has 0 radical (unpaired) electrons. The van der Waals surface area contributed by atoms with E-state index >= 15 is 0 Å². The van der Waals surface area contributed by atoms with Crippen molar-refractivity contribution in [3.8, 4) is 5.75 Å². The number of rotatable bonds is 2. The number of fused-ring (bicyclic) bond motifs is 1. The number of hydrogen-bond acceptors (Lipinski definition) is 7. The smallest absolute Gasteiger partial charge is 0.243 e. The van der Waals surface area contributed by atoms with Crippen molar-refractivity contribution in [2.24, 2.45) is 10.7 Å². The fourth-order valence-corrected chi connectivity index (χ4v) is 3.25. The third-order valence-electron chi connectivity index (χ3n) is 4.80. The first kappa shape index (κ1) is 17.2. The highest BCUT2D eigenvalue weighted by Crippen LogP contribution is 2.28. The molecular weight excluding hydrogens is 352 g/mol. The minimum atomic E-state index is -0.0906. The highest BCUT2D eigenvalue weighted by molar-refractivity contribution is 6.32. The lowest BCUT2D eigenvalue weighted by Gasteiger charge is -2.37. The van der Waals surface area contributed by atoms with E-state index in [0.717, 1.165) is 43.1 Å². The molecule has 0 spiro atoms. The van der Waals surface area contributed by atoms with Gasteiger partial charge in [-0.05, 0) is 26.7 Å². The van der Waals surface area contributed by atoms with E-state index < -0.39 is 0 Å². The summed E-state index contributed by atoms with van der Waals surface area (Å²) in [6.07, 6.45) is 5.23. The topological polar surface area (TPSA) is 89.5 Å². The Morgan fingerprint density at radius 2 is 2.00 bits per heavy atom. The van der Waals surface area contributed by atoms with Crippen molar-refractivity contribution >= 4 is 23.3 Å². The number of aromatic nitrogens is 3. The minimum Gasteiger partial charge on any atom is -0.435 e. The van der Waals surface area contributed by atoms with Crippen molar-refractivity contribution < 1.29 is 4.74 Å². The number of aliphatic imine (C=N–C) groups is 1. The molecule has 2 aliphatic rings. The van der Waals surface area contributed by atoms with Crippen LogP contribution < -0.4 is 15.4 Å². The number of anilines is 1. The lowest BCUT2D eigenvalue weighted by Crippen LogP contribution is -2.48. The Kier molecular flexibility index (Phi) is 4.28. The van der Waals surface area contributed by atoms with Crippen LogP contribution in [-0.2, 0) is 6.54 Å². The quantitative estimate of drug-likeness (QED) is 0.871. The maximum absolute atomic E-state index is 6.21. The van der Waals surface area contributed by atoms with Crippen molar-refractivity contribution in [3.63, 3.8) is 0 Å². The monoisotopic (exact) mass is 372 g/mol. The number of nitrogens with two attached hydrogens (primary N) is 1. The molecule has 1 fully saturated rings. The average molecular weight is 373 g/mol. The van der Waals surface area contributed by atoms with Crippen molar-refractivity contribution in [1.29, 1.82) is 0 Å². The SMILES string of the molecule is Cc1cc(OC2=NCc3nc(N4CCC(C)(N)CC4)cnc32)c(Cl)cn1. The average Bonchev–Trinajstić information content (AvgIpc) is 3.00. The number of aryl methyl sites for hydroxylation is 1. The summed E-state index contributed by atoms with van der Waals surface area (Å²) in [4.78, 5) is 20.1. The zero-order chi connectivity index (χ0) is 18.3. The Bertz CT molecular complexity index is 872. The standard InChI is InChI=1S/C18H21ClN6O/c1-11-7-14(12(19)8-21-11)26-17-16-13(9-23-17)24-15(10-22-16)25-5-3-18(2,20)4-6-25/h7-8,10H,3-6,9,20H2,1-2H3. The van der Waals surface area contributed by atoms with Crippen LogP contribution in [0.1, 0.15) is 36.8 Å². The number of hydrogen-bond donors (Lipinski definition) is 1. The van der Waals surface area contributed by atoms with E-state index in [4.69, 9.17) is 27.1 Å². The summed E-state index contributed by atoms with van der Waals surface area (Å²) in [5.74, 6) is 1.84. The van der Waals surface area contributed by atoms with Gasteiger partial charge in [0, 0.05) is 36.6 Å². The van der Waals surface area contributed by atoms with E-state index in [0.29, 0.717) is 28.9 Å². The molecule has 0 amide bonds. The molecule has 2 aromatic rings. The summed E-state index contributed by atoms with van der Waals surface area (Å²) in [7, 11) is 0. The van der Waals surface area contributed by atoms with Crippen LogP contribution in [0.2, 0.25) is 5.02 Å². The summed E-state index contributed by atoms with van der Waals surface area (Å²) in [6, 6.07) is 1.78. The van der Waals surface area contributed by atoms with E-state index in [1.165, 1.54) is 0 Å². The number of pyridine rings is 1. The van der Waals surface area contributed by atoms with Gasteiger partial charge in [-0.3, -0.25) is 4.98 Å². The maximum atomic E-state index is 6.21.